The van der Waals surface area contributed by atoms with Gasteiger partial charge in [0.25, 0.3) is 5.56 Å². The van der Waals surface area contributed by atoms with Crippen molar-refractivity contribution in [3.8, 4) is 0 Å². The van der Waals surface area contributed by atoms with E-state index in [-0.39, 0.29) is 5.56 Å². The largest absolute Gasteiger partial charge is 0.313 e. The highest BCUT2D eigenvalue weighted by molar-refractivity contribution is 7.99. The fraction of sp³-hybridized carbons (Fsp3) is 0.600. The third kappa shape index (κ3) is 2.41. The second-order valence-electron chi connectivity index (χ2n) is 3.58. The molecule has 15 heavy (non-hydrogen) atoms. The van der Waals surface area contributed by atoms with E-state index in [1.807, 2.05) is 18.8 Å². The Hall–Kier alpha value is -0.810. The van der Waals surface area contributed by atoms with Crippen LogP contribution in [-0.2, 0) is 19.4 Å². The molecular weight excluding hydrogens is 210 g/mol. The van der Waals surface area contributed by atoms with Gasteiger partial charge in [-0.2, -0.15) is 11.8 Å². The van der Waals surface area contributed by atoms with Gasteiger partial charge < -0.3 is 10.3 Å². The van der Waals surface area contributed by atoms with Crippen LogP contribution in [0, 0.1) is 0 Å². The molecule has 1 aliphatic rings. The number of rotatable bonds is 2. The molecule has 0 unspecified atom stereocenters. The maximum absolute atomic E-state index is 11.8. The first-order valence-corrected chi connectivity index (χ1v) is 6.30. The standard InChI is InChI=1S/C10H15N3OS/c1-11-6-9-12-8-3-5-15-4-2-7(8)10(14)13-9/h11H,2-6H2,1H3,(H,12,13,14). The molecule has 0 aromatic carbocycles. The molecule has 4 nitrogen and oxygen atoms in total. The van der Waals surface area contributed by atoms with Crippen LogP contribution in [0.3, 0.4) is 0 Å². The number of aromatic amines is 1. The Morgan fingerprint density at radius 2 is 2.27 bits per heavy atom. The molecule has 2 heterocycles. The van der Waals surface area contributed by atoms with Crippen molar-refractivity contribution in [3.63, 3.8) is 0 Å². The highest BCUT2D eigenvalue weighted by atomic mass is 32.2. The van der Waals surface area contributed by atoms with Crippen LogP contribution >= 0.6 is 11.8 Å². The second-order valence-corrected chi connectivity index (χ2v) is 4.81. The van der Waals surface area contributed by atoms with E-state index in [1.54, 1.807) is 0 Å². The van der Waals surface area contributed by atoms with Gasteiger partial charge in [-0.1, -0.05) is 0 Å². The predicted octanol–water partition coefficient (Wildman–Crippen LogP) is 0.321. The first kappa shape index (κ1) is 10.7. The summed E-state index contributed by atoms with van der Waals surface area (Å²) in [5.74, 6) is 2.85. The van der Waals surface area contributed by atoms with E-state index in [0.717, 1.165) is 41.4 Å². The maximum atomic E-state index is 11.8. The number of fused-ring (bicyclic) bond motifs is 1. The summed E-state index contributed by atoms with van der Waals surface area (Å²) in [6.07, 6.45) is 1.77. The Bertz CT molecular complexity index is 402. The number of aryl methyl sites for hydroxylation is 1. The summed E-state index contributed by atoms with van der Waals surface area (Å²) in [4.78, 5) is 19.1. The lowest BCUT2D eigenvalue weighted by Gasteiger charge is -2.06. The van der Waals surface area contributed by atoms with Crippen LogP contribution in [0.15, 0.2) is 4.79 Å². The highest BCUT2D eigenvalue weighted by Crippen LogP contribution is 2.15. The molecule has 5 heteroatoms. The van der Waals surface area contributed by atoms with Crippen molar-refractivity contribution in [1.82, 2.24) is 15.3 Å². The molecule has 2 N–H and O–H groups in total. The molecule has 0 saturated carbocycles. The molecule has 2 rings (SSSR count). The summed E-state index contributed by atoms with van der Waals surface area (Å²) in [5.41, 5.74) is 1.93. The summed E-state index contributed by atoms with van der Waals surface area (Å²) in [6.45, 7) is 0.621. The zero-order valence-electron chi connectivity index (χ0n) is 8.80. The second kappa shape index (κ2) is 4.81. The van der Waals surface area contributed by atoms with Gasteiger partial charge in [0.1, 0.15) is 5.82 Å². The summed E-state index contributed by atoms with van der Waals surface area (Å²) in [7, 11) is 1.85. The van der Waals surface area contributed by atoms with Crippen LogP contribution < -0.4 is 10.9 Å². The van der Waals surface area contributed by atoms with Crippen molar-refractivity contribution < 1.29 is 0 Å². The number of aromatic nitrogens is 2. The first-order chi connectivity index (χ1) is 7.31. The van der Waals surface area contributed by atoms with Gasteiger partial charge >= 0.3 is 0 Å². The van der Waals surface area contributed by atoms with Gasteiger partial charge in [-0.15, -0.1) is 0 Å². The Balaban J connectivity index is 2.39. The van der Waals surface area contributed by atoms with Crippen molar-refractivity contribution in [3.05, 3.63) is 27.4 Å². The van der Waals surface area contributed by atoms with Crippen LogP contribution in [0.4, 0.5) is 0 Å². The lowest BCUT2D eigenvalue weighted by Crippen LogP contribution is -2.22. The maximum Gasteiger partial charge on any atom is 0.254 e. The van der Waals surface area contributed by atoms with E-state index >= 15 is 0 Å². The number of thioether (sulfide) groups is 1. The normalized spacial score (nSPS) is 15.8. The molecular formula is C10H15N3OS. The zero-order valence-corrected chi connectivity index (χ0v) is 9.62. The number of nitrogens with one attached hydrogen (secondary N) is 2. The van der Waals surface area contributed by atoms with Gasteiger partial charge in [-0.25, -0.2) is 4.98 Å². The Morgan fingerprint density at radius 1 is 1.47 bits per heavy atom. The van der Waals surface area contributed by atoms with Crippen molar-refractivity contribution in [1.29, 1.82) is 0 Å². The quantitative estimate of drug-likeness (QED) is 0.761. The minimum Gasteiger partial charge on any atom is -0.313 e. The molecule has 0 spiro atoms. The van der Waals surface area contributed by atoms with Gasteiger partial charge in [0.2, 0.25) is 0 Å². The van der Waals surface area contributed by atoms with Crippen molar-refractivity contribution in [2.75, 3.05) is 18.6 Å². The molecule has 0 amide bonds. The fourth-order valence-electron chi connectivity index (χ4n) is 1.76. The average molecular weight is 225 g/mol. The van der Waals surface area contributed by atoms with E-state index in [0.29, 0.717) is 6.54 Å². The first-order valence-electron chi connectivity index (χ1n) is 5.14. The van der Waals surface area contributed by atoms with Crippen molar-refractivity contribution in [2.45, 2.75) is 19.4 Å². The minimum absolute atomic E-state index is 0.0488. The van der Waals surface area contributed by atoms with Crippen LogP contribution in [0.25, 0.3) is 0 Å². The lowest BCUT2D eigenvalue weighted by molar-refractivity contribution is 0.734. The summed E-state index contributed by atoms with van der Waals surface area (Å²) in [6, 6.07) is 0. The molecule has 1 aliphatic heterocycles. The Labute approximate surface area is 92.9 Å². The number of hydrogen-bond donors (Lipinski definition) is 2. The minimum atomic E-state index is 0.0488. The Kier molecular flexibility index (Phi) is 3.43. The van der Waals surface area contributed by atoms with E-state index in [2.05, 4.69) is 15.3 Å². The Morgan fingerprint density at radius 3 is 3.07 bits per heavy atom. The van der Waals surface area contributed by atoms with Gasteiger partial charge in [0.15, 0.2) is 0 Å². The zero-order chi connectivity index (χ0) is 10.7. The lowest BCUT2D eigenvalue weighted by atomic mass is 10.1. The van der Waals surface area contributed by atoms with Gasteiger partial charge in [-0.05, 0) is 31.4 Å². The molecule has 0 aliphatic carbocycles. The summed E-state index contributed by atoms with van der Waals surface area (Å²) in [5, 5.41) is 3.00. The van der Waals surface area contributed by atoms with Crippen LogP contribution in [0.2, 0.25) is 0 Å². The third-order valence-electron chi connectivity index (χ3n) is 2.47. The molecule has 0 radical (unpaired) electrons. The fourth-order valence-corrected chi connectivity index (χ4v) is 2.65. The van der Waals surface area contributed by atoms with Crippen molar-refractivity contribution >= 4 is 11.8 Å². The number of nitrogens with zero attached hydrogens (tertiary/aromatic N) is 1. The monoisotopic (exact) mass is 225 g/mol. The molecule has 0 saturated heterocycles. The third-order valence-corrected chi connectivity index (χ3v) is 3.46. The van der Waals surface area contributed by atoms with Crippen molar-refractivity contribution in [2.24, 2.45) is 0 Å². The van der Waals surface area contributed by atoms with Crippen LogP contribution in [0.1, 0.15) is 17.1 Å². The van der Waals surface area contributed by atoms with E-state index in [1.165, 1.54) is 0 Å². The molecule has 82 valence electrons. The molecule has 1 aromatic rings. The molecule has 1 aromatic heterocycles. The van der Waals surface area contributed by atoms with Gasteiger partial charge in [0.05, 0.1) is 12.2 Å². The topological polar surface area (TPSA) is 57.8 Å². The number of H-pyrrole nitrogens is 1. The SMILES string of the molecule is CNCc1nc2c(c(=O)[nH]1)CCSCC2. The smallest absolute Gasteiger partial charge is 0.254 e. The summed E-state index contributed by atoms with van der Waals surface area (Å²) < 4.78 is 0. The van der Waals surface area contributed by atoms with Gasteiger partial charge in [0, 0.05) is 5.56 Å². The van der Waals surface area contributed by atoms with E-state index < -0.39 is 0 Å². The highest BCUT2D eigenvalue weighted by Gasteiger charge is 2.13. The summed E-state index contributed by atoms with van der Waals surface area (Å²) >= 11 is 1.89. The van der Waals surface area contributed by atoms with E-state index in [4.69, 9.17) is 0 Å². The van der Waals surface area contributed by atoms with E-state index in [9.17, 15) is 4.79 Å². The molecule has 0 bridgehead atoms. The number of hydrogen-bond acceptors (Lipinski definition) is 4. The molecule has 0 atom stereocenters. The van der Waals surface area contributed by atoms with Crippen LogP contribution in [0.5, 0.6) is 0 Å². The average Bonchev–Trinajstić information content (AvgIpc) is 2.43. The van der Waals surface area contributed by atoms with Gasteiger partial charge in [-0.3, -0.25) is 4.79 Å². The predicted molar refractivity (Wildman–Crippen MR) is 62.4 cm³/mol. The van der Waals surface area contributed by atoms with Crippen LogP contribution in [-0.4, -0.2) is 28.5 Å². The molecule has 0 fully saturated rings.